The molecule has 21 heavy (non-hydrogen) atoms. The third kappa shape index (κ3) is 2.85. The first-order chi connectivity index (χ1) is 10.1. The third-order valence-corrected chi connectivity index (χ3v) is 4.73. The molecule has 0 atom stereocenters. The molecule has 110 valence electrons. The lowest BCUT2D eigenvalue weighted by atomic mass is 9.97. The van der Waals surface area contributed by atoms with E-state index in [2.05, 4.69) is 9.93 Å². The fourth-order valence-corrected chi connectivity index (χ4v) is 3.17. The number of nitrogens with zero attached hydrogens (tertiary/aromatic N) is 1. The Morgan fingerprint density at radius 3 is 2.67 bits per heavy atom. The Balaban J connectivity index is 1.85. The Labute approximate surface area is 123 Å². The van der Waals surface area contributed by atoms with Gasteiger partial charge < -0.3 is 4.42 Å². The van der Waals surface area contributed by atoms with Crippen molar-refractivity contribution in [2.24, 2.45) is 5.10 Å². The number of fused-ring (bicyclic) bond motifs is 1. The molecule has 0 aliphatic heterocycles. The first-order valence-corrected chi connectivity index (χ1v) is 8.26. The van der Waals surface area contributed by atoms with Crippen LogP contribution in [0, 0.1) is 6.92 Å². The summed E-state index contributed by atoms with van der Waals surface area (Å²) < 4.78 is 29.7. The van der Waals surface area contributed by atoms with E-state index in [4.69, 9.17) is 4.42 Å². The van der Waals surface area contributed by atoms with Gasteiger partial charge in [0.15, 0.2) is 0 Å². The predicted octanol–water partition coefficient (Wildman–Crippen LogP) is 2.61. The zero-order valence-corrected chi connectivity index (χ0v) is 12.5. The van der Waals surface area contributed by atoms with Gasteiger partial charge in [0.05, 0.1) is 16.9 Å². The lowest BCUT2D eigenvalue weighted by Gasteiger charge is -2.13. The first-order valence-electron chi connectivity index (χ1n) is 6.78. The average Bonchev–Trinajstić information content (AvgIpc) is 2.94. The van der Waals surface area contributed by atoms with Crippen LogP contribution < -0.4 is 4.83 Å². The summed E-state index contributed by atoms with van der Waals surface area (Å²) in [6, 6.07) is 8.49. The summed E-state index contributed by atoms with van der Waals surface area (Å²) in [5.41, 5.74) is 2.63. The van der Waals surface area contributed by atoms with Crippen molar-refractivity contribution in [3.63, 3.8) is 0 Å². The van der Waals surface area contributed by atoms with Crippen molar-refractivity contribution < 1.29 is 12.8 Å². The summed E-state index contributed by atoms with van der Waals surface area (Å²) >= 11 is 0. The molecular weight excluding hydrogens is 288 g/mol. The SMILES string of the molecule is Cc1ccc(S(=O)(=O)N/N=C2\CCCc3occc32)cc1. The standard InChI is InChI=1S/C15H16N2O3S/c1-11-5-7-12(8-6-11)21(18,19)17-16-14-3-2-4-15-13(14)9-10-20-15/h5-10,17H,2-4H2,1H3/b16-14+. The van der Waals surface area contributed by atoms with Gasteiger partial charge in [0, 0.05) is 12.0 Å². The fourth-order valence-electron chi connectivity index (χ4n) is 2.34. The number of nitrogens with one attached hydrogen (secondary N) is 1. The molecule has 6 heteroatoms. The van der Waals surface area contributed by atoms with Gasteiger partial charge >= 0.3 is 0 Å². The molecule has 1 heterocycles. The molecule has 1 aliphatic rings. The highest BCUT2D eigenvalue weighted by atomic mass is 32.2. The van der Waals surface area contributed by atoms with E-state index in [-0.39, 0.29) is 4.90 Å². The van der Waals surface area contributed by atoms with Crippen molar-refractivity contribution in [3.05, 3.63) is 53.5 Å². The molecule has 0 saturated heterocycles. The van der Waals surface area contributed by atoms with Crippen LogP contribution >= 0.6 is 0 Å². The van der Waals surface area contributed by atoms with Crippen LogP contribution in [-0.4, -0.2) is 14.1 Å². The molecule has 2 aromatic rings. The second-order valence-corrected chi connectivity index (χ2v) is 6.74. The van der Waals surface area contributed by atoms with Crippen LogP contribution in [0.1, 0.15) is 29.7 Å². The average molecular weight is 304 g/mol. The zero-order chi connectivity index (χ0) is 14.9. The van der Waals surface area contributed by atoms with Crippen molar-refractivity contribution in [1.82, 2.24) is 4.83 Å². The first kappa shape index (κ1) is 13.9. The maximum atomic E-state index is 12.2. The summed E-state index contributed by atoms with van der Waals surface area (Å²) in [5.74, 6) is 0.870. The lowest BCUT2D eigenvalue weighted by molar-refractivity contribution is 0.498. The largest absolute Gasteiger partial charge is 0.469 e. The van der Waals surface area contributed by atoms with Gasteiger partial charge in [-0.1, -0.05) is 17.7 Å². The van der Waals surface area contributed by atoms with Crippen molar-refractivity contribution in [1.29, 1.82) is 0 Å². The Bertz CT molecular complexity index is 774. The van der Waals surface area contributed by atoms with Crippen molar-refractivity contribution >= 4 is 15.7 Å². The van der Waals surface area contributed by atoms with Gasteiger partial charge in [0.25, 0.3) is 10.0 Å². The molecule has 0 spiro atoms. The number of sulfonamides is 1. The maximum absolute atomic E-state index is 12.2. The van der Waals surface area contributed by atoms with E-state index in [1.165, 1.54) is 0 Å². The number of hydrazone groups is 1. The Hall–Kier alpha value is -2.08. The Morgan fingerprint density at radius 1 is 1.14 bits per heavy atom. The van der Waals surface area contributed by atoms with Gasteiger partial charge in [-0.2, -0.15) is 18.4 Å². The number of hydrogen-bond donors (Lipinski definition) is 1. The number of hydrogen-bond acceptors (Lipinski definition) is 4. The molecule has 0 bridgehead atoms. The summed E-state index contributed by atoms with van der Waals surface area (Å²) in [4.78, 5) is 2.52. The van der Waals surface area contributed by atoms with Crippen LogP contribution in [0.2, 0.25) is 0 Å². The zero-order valence-electron chi connectivity index (χ0n) is 11.7. The molecule has 1 aliphatic carbocycles. The van der Waals surface area contributed by atoms with Crippen LogP contribution in [0.25, 0.3) is 0 Å². The Morgan fingerprint density at radius 2 is 1.90 bits per heavy atom. The van der Waals surface area contributed by atoms with E-state index in [0.717, 1.165) is 41.9 Å². The van der Waals surface area contributed by atoms with Crippen LogP contribution in [0.3, 0.4) is 0 Å². The highest BCUT2D eigenvalue weighted by molar-refractivity contribution is 7.89. The summed E-state index contributed by atoms with van der Waals surface area (Å²) in [5, 5.41) is 4.09. The minimum Gasteiger partial charge on any atom is -0.469 e. The summed E-state index contributed by atoms with van der Waals surface area (Å²) in [6.45, 7) is 1.91. The van der Waals surface area contributed by atoms with E-state index in [9.17, 15) is 8.42 Å². The van der Waals surface area contributed by atoms with Gasteiger partial charge in [0.1, 0.15) is 5.76 Å². The van der Waals surface area contributed by atoms with Crippen LogP contribution in [0.4, 0.5) is 0 Å². The predicted molar refractivity (Wildman–Crippen MR) is 79.7 cm³/mol. The second-order valence-electron chi connectivity index (χ2n) is 5.08. The van der Waals surface area contributed by atoms with E-state index < -0.39 is 10.0 Å². The maximum Gasteiger partial charge on any atom is 0.276 e. The minimum absolute atomic E-state index is 0.209. The van der Waals surface area contributed by atoms with Crippen LogP contribution in [0.15, 0.2) is 51.0 Å². The monoisotopic (exact) mass is 304 g/mol. The van der Waals surface area contributed by atoms with Gasteiger partial charge in [-0.25, -0.2) is 0 Å². The number of furan rings is 1. The fraction of sp³-hybridized carbons (Fsp3) is 0.267. The molecule has 0 amide bonds. The number of rotatable bonds is 3. The smallest absolute Gasteiger partial charge is 0.276 e. The van der Waals surface area contributed by atoms with Crippen LogP contribution in [0.5, 0.6) is 0 Å². The number of aryl methyl sites for hydroxylation is 2. The van der Waals surface area contributed by atoms with Gasteiger partial charge in [-0.05, 0) is 38.0 Å². The molecule has 1 aromatic heterocycles. The second kappa shape index (κ2) is 5.37. The third-order valence-electron chi connectivity index (χ3n) is 3.51. The molecule has 5 nitrogen and oxygen atoms in total. The Kier molecular flexibility index (Phi) is 3.55. The topological polar surface area (TPSA) is 71.7 Å². The quantitative estimate of drug-likeness (QED) is 0.886. The van der Waals surface area contributed by atoms with Crippen LogP contribution in [-0.2, 0) is 16.4 Å². The van der Waals surface area contributed by atoms with Crippen molar-refractivity contribution in [3.8, 4) is 0 Å². The summed E-state index contributed by atoms with van der Waals surface area (Å²) in [6.07, 6.45) is 4.13. The van der Waals surface area contributed by atoms with E-state index in [1.54, 1.807) is 30.5 Å². The molecule has 3 rings (SSSR count). The normalized spacial score (nSPS) is 16.7. The molecule has 1 aromatic carbocycles. The minimum atomic E-state index is -3.63. The van der Waals surface area contributed by atoms with Crippen molar-refractivity contribution in [2.75, 3.05) is 0 Å². The molecule has 0 unspecified atom stereocenters. The molecule has 1 N–H and O–H groups in total. The van der Waals surface area contributed by atoms with Gasteiger partial charge in [-0.3, -0.25) is 0 Å². The molecule has 0 radical (unpaired) electrons. The number of benzene rings is 1. The van der Waals surface area contributed by atoms with E-state index in [0.29, 0.717) is 0 Å². The highest BCUT2D eigenvalue weighted by Crippen LogP contribution is 2.22. The summed E-state index contributed by atoms with van der Waals surface area (Å²) in [7, 11) is -3.63. The van der Waals surface area contributed by atoms with E-state index in [1.807, 2.05) is 13.0 Å². The molecular formula is C15H16N2O3S. The molecule has 0 fully saturated rings. The molecule has 0 saturated carbocycles. The van der Waals surface area contributed by atoms with Crippen molar-refractivity contribution in [2.45, 2.75) is 31.1 Å². The van der Waals surface area contributed by atoms with E-state index >= 15 is 0 Å². The highest BCUT2D eigenvalue weighted by Gasteiger charge is 2.19. The van der Waals surface area contributed by atoms with Gasteiger partial charge in [-0.15, -0.1) is 0 Å². The van der Waals surface area contributed by atoms with Gasteiger partial charge in [0.2, 0.25) is 0 Å². The lowest BCUT2D eigenvalue weighted by Crippen LogP contribution is -2.22.